The average molecular weight is 268 g/mol. The molecule has 0 radical (unpaired) electrons. The van der Waals surface area contributed by atoms with E-state index in [1.165, 1.54) is 0 Å². The van der Waals surface area contributed by atoms with Gasteiger partial charge in [-0.25, -0.2) is 13.1 Å². The maximum absolute atomic E-state index is 11.1. The Labute approximate surface area is 104 Å². The van der Waals surface area contributed by atoms with Crippen LogP contribution in [-0.4, -0.2) is 19.7 Å². The molecule has 0 aliphatic rings. The summed E-state index contributed by atoms with van der Waals surface area (Å²) in [5, 5.41) is 1.97. The van der Waals surface area contributed by atoms with Gasteiger partial charge < -0.3 is 0 Å². The molecule has 2 aromatic rings. The molecule has 0 aromatic carbocycles. The number of rotatable bonds is 4. The van der Waals surface area contributed by atoms with Gasteiger partial charge in [0.2, 0.25) is 10.0 Å². The number of hydrogen-bond donors (Lipinski definition) is 1. The lowest BCUT2D eigenvalue weighted by molar-refractivity contribution is 0.587. The summed E-state index contributed by atoms with van der Waals surface area (Å²) in [5.41, 5.74) is 1.71. The minimum absolute atomic E-state index is 0.264. The Bertz CT molecular complexity index is 592. The van der Waals surface area contributed by atoms with E-state index in [9.17, 15) is 8.42 Å². The molecule has 0 bridgehead atoms. The van der Waals surface area contributed by atoms with Crippen LogP contribution in [0.25, 0.3) is 10.6 Å². The van der Waals surface area contributed by atoms with E-state index in [1.807, 2.05) is 23.6 Å². The molecule has 0 aliphatic carbocycles. The number of pyridine rings is 1. The van der Waals surface area contributed by atoms with E-state index >= 15 is 0 Å². The van der Waals surface area contributed by atoms with Gasteiger partial charge in [-0.2, -0.15) is 0 Å². The van der Waals surface area contributed by atoms with Crippen LogP contribution in [0.4, 0.5) is 0 Å². The van der Waals surface area contributed by atoms with Crippen LogP contribution in [-0.2, 0) is 16.6 Å². The van der Waals surface area contributed by atoms with Crippen molar-refractivity contribution in [3.05, 3.63) is 41.4 Å². The van der Waals surface area contributed by atoms with Gasteiger partial charge in [0.25, 0.3) is 0 Å². The summed E-state index contributed by atoms with van der Waals surface area (Å²) in [6.45, 7) is 0.264. The highest BCUT2D eigenvalue weighted by molar-refractivity contribution is 7.88. The van der Waals surface area contributed by atoms with Crippen LogP contribution in [0.3, 0.4) is 0 Å². The van der Waals surface area contributed by atoms with Crippen molar-refractivity contribution >= 4 is 21.4 Å². The SMILES string of the molecule is CS(=O)(=O)NCc1cccnc1-c1cccs1. The minimum atomic E-state index is -3.18. The van der Waals surface area contributed by atoms with E-state index in [0.29, 0.717) is 0 Å². The largest absolute Gasteiger partial charge is 0.255 e. The van der Waals surface area contributed by atoms with E-state index in [1.54, 1.807) is 23.6 Å². The normalized spacial score (nSPS) is 11.6. The zero-order chi connectivity index (χ0) is 12.3. The van der Waals surface area contributed by atoms with Crippen molar-refractivity contribution in [3.8, 4) is 10.6 Å². The molecule has 90 valence electrons. The van der Waals surface area contributed by atoms with Crippen LogP contribution in [0.5, 0.6) is 0 Å². The predicted molar refractivity (Wildman–Crippen MR) is 69.2 cm³/mol. The summed E-state index contributed by atoms with van der Waals surface area (Å²) in [4.78, 5) is 5.34. The second-order valence-electron chi connectivity index (χ2n) is 3.58. The topological polar surface area (TPSA) is 59.1 Å². The summed E-state index contributed by atoms with van der Waals surface area (Å²) in [6, 6.07) is 7.59. The second kappa shape index (κ2) is 4.95. The van der Waals surface area contributed by atoms with Crippen LogP contribution >= 0.6 is 11.3 Å². The highest BCUT2D eigenvalue weighted by Gasteiger charge is 2.08. The van der Waals surface area contributed by atoms with Crippen LogP contribution in [0.2, 0.25) is 0 Å². The van der Waals surface area contributed by atoms with Gasteiger partial charge in [-0.05, 0) is 23.1 Å². The molecule has 2 heterocycles. The van der Waals surface area contributed by atoms with E-state index < -0.39 is 10.0 Å². The Balaban J connectivity index is 2.29. The molecular formula is C11H12N2O2S2. The molecule has 0 amide bonds. The van der Waals surface area contributed by atoms with Crippen molar-refractivity contribution in [2.24, 2.45) is 0 Å². The van der Waals surface area contributed by atoms with Crippen LogP contribution < -0.4 is 4.72 Å². The molecule has 6 heteroatoms. The lowest BCUT2D eigenvalue weighted by atomic mass is 10.2. The Morgan fingerprint density at radius 3 is 2.82 bits per heavy atom. The molecule has 0 unspecified atom stereocenters. The van der Waals surface area contributed by atoms with E-state index in [2.05, 4.69) is 9.71 Å². The van der Waals surface area contributed by atoms with Gasteiger partial charge in [0.1, 0.15) is 0 Å². The first-order chi connectivity index (χ1) is 8.06. The molecule has 1 N–H and O–H groups in total. The van der Waals surface area contributed by atoms with Gasteiger partial charge in [0.15, 0.2) is 0 Å². The first-order valence-corrected chi connectivity index (χ1v) is 7.76. The van der Waals surface area contributed by atoms with Gasteiger partial charge in [-0.3, -0.25) is 4.98 Å². The smallest absolute Gasteiger partial charge is 0.209 e. The van der Waals surface area contributed by atoms with Gasteiger partial charge >= 0.3 is 0 Å². The number of nitrogens with zero attached hydrogens (tertiary/aromatic N) is 1. The monoisotopic (exact) mass is 268 g/mol. The third-order valence-electron chi connectivity index (χ3n) is 2.17. The number of nitrogens with one attached hydrogen (secondary N) is 1. The molecule has 0 atom stereocenters. The van der Waals surface area contributed by atoms with Crippen molar-refractivity contribution < 1.29 is 8.42 Å². The van der Waals surface area contributed by atoms with Gasteiger partial charge in [-0.1, -0.05) is 12.1 Å². The highest BCUT2D eigenvalue weighted by atomic mass is 32.2. The Hall–Kier alpha value is -1.24. The van der Waals surface area contributed by atoms with Crippen molar-refractivity contribution in [2.45, 2.75) is 6.54 Å². The quantitative estimate of drug-likeness (QED) is 0.920. The number of aromatic nitrogens is 1. The molecular weight excluding hydrogens is 256 g/mol. The molecule has 0 saturated carbocycles. The summed E-state index contributed by atoms with van der Waals surface area (Å²) >= 11 is 1.58. The molecule has 2 rings (SSSR count). The van der Waals surface area contributed by atoms with Gasteiger partial charge in [0.05, 0.1) is 16.8 Å². The predicted octanol–water partition coefficient (Wildman–Crippen LogP) is 1.86. The zero-order valence-corrected chi connectivity index (χ0v) is 10.9. The molecule has 2 aromatic heterocycles. The summed E-state index contributed by atoms with van der Waals surface area (Å²) < 4.78 is 24.6. The molecule has 0 fully saturated rings. The standard InChI is InChI=1S/C11H12N2O2S2/c1-17(14,15)13-8-9-4-2-6-12-11(9)10-5-3-7-16-10/h2-7,13H,8H2,1H3. The number of hydrogen-bond acceptors (Lipinski definition) is 4. The molecule has 0 aliphatic heterocycles. The third kappa shape index (κ3) is 3.36. The summed E-state index contributed by atoms with van der Waals surface area (Å²) in [6.07, 6.45) is 2.85. The fourth-order valence-electron chi connectivity index (χ4n) is 1.43. The Morgan fingerprint density at radius 2 is 2.18 bits per heavy atom. The first-order valence-electron chi connectivity index (χ1n) is 4.99. The van der Waals surface area contributed by atoms with E-state index in [-0.39, 0.29) is 6.54 Å². The number of sulfonamides is 1. The van der Waals surface area contributed by atoms with Crippen molar-refractivity contribution in [3.63, 3.8) is 0 Å². The van der Waals surface area contributed by atoms with E-state index in [0.717, 1.165) is 22.4 Å². The number of thiophene rings is 1. The third-order valence-corrected chi connectivity index (χ3v) is 3.72. The van der Waals surface area contributed by atoms with Gasteiger partial charge in [0, 0.05) is 12.7 Å². The Kier molecular flexibility index (Phi) is 3.56. The fraction of sp³-hybridized carbons (Fsp3) is 0.182. The van der Waals surface area contributed by atoms with Gasteiger partial charge in [-0.15, -0.1) is 11.3 Å². The van der Waals surface area contributed by atoms with Crippen molar-refractivity contribution in [1.82, 2.24) is 9.71 Å². The molecule has 0 saturated heterocycles. The maximum Gasteiger partial charge on any atom is 0.209 e. The van der Waals surface area contributed by atoms with Crippen LogP contribution in [0.15, 0.2) is 35.8 Å². The lowest BCUT2D eigenvalue weighted by Gasteiger charge is -2.07. The van der Waals surface area contributed by atoms with E-state index in [4.69, 9.17) is 0 Å². The summed E-state index contributed by atoms with van der Waals surface area (Å²) in [5.74, 6) is 0. The maximum atomic E-state index is 11.1. The highest BCUT2D eigenvalue weighted by Crippen LogP contribution is 2.25. The Morgan fingerprint density at radius 1 is 1.35 bits per heavy atom. The van der Waals surface area contributed by atoms with Crippen molar-refractivity contribution in [2.75, 3.05) is 6.26 Å². The molecule has 17 heavy (non-hydrogen) atoms. The van der Waals surface area contributed by atoms with Crippen LogP contribution in [0, 0.1) is 0 Å². The first kappa shape index (κ1) is 12.2. The average Bonchev–Trinajstić information content (AvgIpc) is 2.79. The zero-order valence-electron chi connectivity index (χ0n) is 9.25. The summed E-state index contributed by atoms with van der Waals surface area (Å²) in [7, 11) is -3.18. The minimum Gasteiger partial charge on any atom is -0.255 e. The second-order valence-corrected chi connectivity index (χ2v) is 6.36. The molecule has 4 nitrogen and oxygen atoms in total. The fourth-order valence-corrected chi connectivity index (χ4v) is 2.60. The van der Waals surface area contributed by atoms with Crippen LogP contribution in [0.1, 0.15) is 5.56 Å². The molecule has 0 spiro atoms. The van der Waals surface area contributed by atoms with Crippen molar-refractivity contribution in [1.29, 1.82) is 0 Å². The lowest BCUT2D eigenvalue weighted by Crippen LogP contribution is -2.21.